The van der Waals surface area contributed by atoms with E-state index < -0.39 is 12.0 Å². The lowest BCUT2D eigenvalue weighted by atomic mass is 9.80. The van der Waals surface area contributed by atoms with Gasteiger partial charge in [0.25, 0.3) is 0 Å². The first-order valence-electron chi connectivity index (χ1n) is 6.36. The molecule has 1 heterocycles. The second kappa shape index (κ2) is 4.86. The predicted octanol–water partition coefficient (Wildman–Crippen LogP) is 2.37. The molecule has 0 radical (unpaired) electrons. The summed E-state index contributed by atoms with van der Waals surface area (Å²) >= 11 is 0. The topological polar surface area (TPSA) is 49.3 Å². The molecule has 0 amide bonds. The van der Waals surface area contributed by atoms with Crippen LogP contribution in [0.1, 0.15) is 22.6 Å². The third-order valence-corrected chi connectivity index (χ3v) is 3.66. The molecule has 2 atom stereocenters. The van der Waals surface area contributed by atoms with E-state index in [0.29, 0.717) is 6.54 Å². The number of benzene rings is 2. The summed E-state index contributed by atoms with van der Waals surface area (Å²) in [6.45, 7) is 0.608. The number of carbonyl (C=O) groups is 1. The van der Waals surface area contributed by atoms with E-state index in [1.807, 2.05) is 48.5 Å². The van der Waals surface area contributed by atoms with Crippen molar-refractivity contribution in [3.8, 4) is 0 Å². The average molecular weight is 253 g/mol. The van der Waals surface area contributed by atoms with Gasteiger partial charge in [-0.15, -0.1) is 0 Å². The molecule has 0 unspecified atom stereocenters. The molecule has 2 aromatic rings. The van der Waals surface area contributed by atoms with Crippen LogP contribution in [0.4, 0.5) is 0 Å². The Bertz CT molecular complexity index is 595. The fraction of sp³-hybridized carbons (Fsp3) is 0.188. The highest BCUT2D eigenvalue weighted by molar-refractivity contribution is 5.76. The first kappa shape index (κ1) is 11.9. The maximum Gasteiger partial charge on any atom is 0.321 e. The summed E-state index contributed by atoms with van der Waals surface area (Å²) in [5.74, 6) is -0.938. The van der Waals surface area contributed by atoms with E-state index >= 15 is 0 Å². The summed E-state index contributed by atoms with van der Waals surface area (Å²) in [7, 11) is 0. The largest absolute Gasteiger partial charge is 0.480 e. The van der Waals surface area contributed by atoms with Crippen molar-refractivity contribution in [2.45, 2.75) is 18.5 Å². The predicted molar refractivity (Wildman–Crippen MR) is 73.0 cm³/mol. The molecule has 3 nitrogen and oxygen atoms in total. The van der Waals surface area contributed by atoms with Gasteiger partial charge in [0.2, 0.25) is 0 Å². The van der Waals surface area contributed by atoms with Crippen molar-refractivity contribution >= 4 is 5.97 Å². The van der Waals surface area contributed by atoms with Gasteiger partial charge in [0.15, 0.2) is 0 Å². The second-order valence-corrected chi connectivity index (χ2v) is 4.78. The van der Waals surface area contributed by atoms with Crippen LogP contribution in [0.2, 0.25) is 0 Å². The van der Waals surface area contributed by atoms with Crippen molar-refractivity contribution in [2.75, 3.05) is 0 Å². The molecule has 1 aliphatic heterocycles. The van der Waals surface area contributed by atoms with Crippen molar-refractivity contribution in [3.63, 3.8) is 0 Å². The van der Waals surface area contributed by atoms with Crippen LogP contribution in [-0.4, -0.2) is 17.1 Å². The molecule has 19 heavy (non-hydrogen) atoms. The van der Waals surface area contributed by atoms with Crippen LogP contribution in [0, 0.1) is 0 Å². The van der Waals surface area contributed by atoms with E-state index in [4.69, 9.17) is 0 Å². The van der Waals surface area contributed by atoms with Gasteiger partial charge in [0.1, 0.15) is 6.04 Å². The van der Waals surface area contributed by atoms with E-state index in [1.54, 1.807) is 0 Å². The van der Waals surface area contributed by atoms with E-state index in [0.717, 1.165) is 11.1 Å². The normalized spacial score (nSPS) is 21.7. The van der Waals surface area contributed by atoms with Crippen molar-refractivity contribution < 1.29 is 9.90 Å². The van der Waals surface area contributed by atoms with Crippen molar-refractivity contribution in [1.82, 2.24) is 5.32 Å². The number of nitrogens with one attached hydrogen (secondary N) is 1. The standard InChI is InChI=1S/C16H15NO2/c18-16(19)15-14(11-6-2-1-3-7-11)13-9-5-4-8-12(13)10-17-15/h1-9,14-15,17H,10H2,(H,18,19)/t14-,15+/m1/s1. The first-order chi connectivity index (χ1) is 9.27. The zero-order valence-corrected chi connectivity index (χ0v) is 10.4. The lowest BCUT2D eigenvalue weighted by Crippen LogP contribution is -2.45. The quantitative estimate of drug-likeness (QED) is 0.864. The molecule has 0 fully saturated rings. The minimum absolute atomic E-state index is 0.136. The summed E-state index contributed by atoms with van der Waals surface area (Å²) < 4.78 is 0. The van der Waals surface area contributed by atoms with Gasteiger partial charge in [0, 0.05) is 12.5 Å². The summed E-state index contributed by atoms with van der Waals surface area (Å²) in [4.78, 5) is 11.5. The molecular weight excluding hydrogens is 238 g/mol. The van der Waals surface area contributed by atoms with E-state index in [2.05, 4.69) is 11.4 Å². The molecule has 0 aliphatic carbocycles. The van der Waals surface area contributed by atoms with Crippen molar-refractivity contribution in [2.24, 2.45) is 0 Å². The van der Waals surface area contributed by atoms with Gasteiger partial charge in [0.05, 0.1) is 0 Å². The summed E-state index contributed by atoms with van der Waals surface area (Å²) in [6, 6.07) is 17.3. The third-order valence-electron chi connectivity index (χ3n) is 3.66. The maximum absolute atomic E-state index is 11.5. The highest BCUT2D eigenvalue weighted by Crippen LogP contribution is 2.33. The van der Waals surface area contributed by atoms with Gasteiger partial charge in [-0.2, -0.15) is 0 Å². The molecule has 96 valence electrons. The zero-order chi connectivity index (χ0) is 13.2. The fourth-order valence-electron chi connectivity index (χ4n) is 2.78. The smallest absolute Gasteiger partial charge is 0.321 e. The lowest BCUT2D eigenvalue weighted by molar-refractivity contribution is -0.140. The highest BCUT2D eigenvalue weighted by Gasteiger charge is 2.34. The first-order valence-corrected chi connectivity index (χ1v) is 6.36. The number of hydrogen-bond acceptors (Lipinski definition) is 2. The Balaban J connectivity index is 2.13. The SMILES string of the molecule is O=C(O)[C@H]1NCc2ccccc2[C@H]1c1ccccc1. The molecule has 3 rings (SSSR count). The molecule has 3 heteroatoms. The number of aliphatic carboxylic acids is 1. The van der Waals surface area contributed by atoms with Crippen LogP contribution in [0.15, 0.2) is 54.6 Å². The molecule has 0 spiro atoms. The van der Waals surface area contributed by atoms with Crippen LogP contribution in [0.25, 0.3) is 0 Å². The molecule has 0 bridgehead atoms. The van der Waals surface area contributed by atoms with E-state index in [9.17, 15) is 9.90 Å². The molecule has 0 aromatic heterocycles. The maximum atomic E-state index is 11.5. The minimum Gasteiger partial charge on any atom is -0.480 e. The van der Waals surface area contributed by atoms with Gasteiger partial charge in [-0.3, -0.25) is 10.1 Å². The van der Waals surface area contributed by atoms with E-state index in [-0.39, 0.29) is 5.92 Å². The Kier molecular flexibility index (Phi) is 3.05. The van der Waals surface area contributed by atoms with Gasteiger partial charge in [-0.25, -0.2) is 0 Å². The van der Waals surface area contributed by atoms with Crippen LogP contribution in [-0.2, 0) is 11.3 Å². The van der Waals surface area contributed by atoms with Gasteiger partial charge in [-0.05, 0) is 16.7 Å². The number of carboxylic acids is 1. The van der Waals surface area contributed by atoms with Gasteiger partial charge < -0.3 is 5.11 Å². The van der Waals surface area contributed by atoms with Crippen LogP contribution in [0.3, 0.4) is 0 Å². The molecular formula is C16H15NO2. The summed E-state index contributed by atoms with van der Waals surface area (Å²) in [6.07, 6.45) is 0. The Morgan fingerprint density at radius 3 is 2.47 bits per heavy atom. The van der Waals surface area contributed by atoms with Gasteiger partial charge >= 0.3 is 5.97 Å². The Labute approximate surface area is 111 Å². The van der Waals surface area contributed by atoms with E-state index in [1.165, 1.54) is 5.56 Å². The Morgan fingerprint density at radius 1 is 1.05 bits per heavy atom. The number of hydrogen-bond donors (Lipinski definition) is 2. The molecule has 1 aliphatic rings. The third kappa shape index (κ3) is 2.13. The summed E-state index contributed by atoms with van der Waals surface area (Å²) in [5.41, 5.74) is 3.32. The number of fused-ring (bicyclic) bond motifs is 1. The summed E-state index contributed by atoms with van der Waals surface area (Å²) in [5, 5.41) is 12.6. The molecule has 2 N–H and O–H groups in total. The highest BCUT2D eigenvalue weighted by atomic mass is 16.4. The molecule has 0 saturated heterocycles. The fourth-order valence-corrected chi connectivity index (χ4v) is 2.78. The second-order valence-electron chi connectivity index (χ2n) is 4.78. The zero-order valence-electron chi connectivity index (χ0n) is 10.4. The molecule has 2 aromatic carbocycles. The molecule has 0 saturated carbocycles. The Hall–Kier alpha value is -2.13. The van der Waals surface area contributed by atoms with Crippen LogP contribution in [0.5, 0.6) is 0 Å². The number of carboxylic acid groups (broad SMARTS) is 1. The van der Waals surface area contributed by atoms with Crippen LogP contribution >= 0.6 is 0 Å². The average Bonchev–Trinajstić information content (AvgIpc) is 2.46. The number of rotatable bonds is 2. The Morgan fingerprint density at radius 2 is 1.74 bits per heavy atom. The van der Waals surface area contributed by atoms with Crippen LogP contribution < -0.4 is 5.32 Å². The minimum atomic E-state index is -0.802. The monoisotopic (exact) mass is 253 g/mol. The lowest BCUT2D eigenvalue weighted by Gasteiger charge is -2.32. The van der Waals surface area contributed by atoms with Crippen molar-refractivity contribution in [3.05, 3.63) is 71.3 Å². The van der Waals surface area contributed by atoms with Crippen molar-refractivity contribution in [1.29, 1.82) is 0 Å². The van der Waals surface area contributed by atoms with Gasteiger partial charge in [-0.1, -0.05) is 54.6 Å².